The molecule has 0 fully saturated rings. The number of aryl methyl sites for hydroxylation is 3. The van der Waals surface area contributed by atoms with Crippen molar-refractivity contribution in [3.05, 3.63) is 58.1 Å². The second-order valence-corrected chi connectivity index (χ2v) is 9.24. The van der Waals surface area contributed by atoms with Crippen molar-refractivity contribution in [2.24, 2.45) is 0 Å². The van der Waals surface area contributed by atoms with E-state index in [-0.39, 0.29) is 23.2 Å². The molecule has 2 aromatic heterocycles. The van der Waals surface area contributed by atoms with Crippen LogP contribution < -0.4 is 10.0 Å². The molecule has 0 atom stereocenters. The zero-order chi connectivity index (χ0) is 21.9. The van der Waals surface area contributed by atoms with Crippen LogP contribution in [0.25, 0.3) is 0 Å². The fourth-order valence-electron chi connectivity index (χ4n) is 2.75. The Morgan fingerprint density at radius 2 is 1.73 bits per heavy atom. The normalized spacial score (nSPS) is 11.3. The first-order valence-electron chi connectivity index (χ1n) is 9.07. The van der Waals surface area contributed by atoms with E-state index in [2.05, 4.69) is 41.0 Å². The van der Waals surface area contributed by atoms with E-state index >= 15 is 0 Å². The van der Waals surface area contributed by atoms with Gasteiger partial charge in [0.1, 0.15) is 0 Å². The lowest BCUT2D eigenvalue weighted by molar-refractivity contribution is -0.116. The van der Waals surface area contributed by atoms with E-state index in [1.807, 2.05) is 6.92 Å². The molecule has 0 spiro atoms. The molecule has 2 N–H and O–H groups in total. The van der Waals surface area contributed by atoms with Gasteiger partial charge in [-0.2, -0.15) is 5.10 Å². The lowest BCUT2D eigenvalue weighted by Crippen LogP contribution is -2.17. The van der Waals surface area contributed by atoms with E-state index in [0.717, 1.165) is 10.2 Å². The second-order valence-electron chi connectivity index (χ2n) is 6.70. The average molecular weight is 493 g/mol. The van der Waals surface area contributed by atoms with Gasteiger partial charge in [-0.25, -0.2) is 23.1 Å². The Bertz CT molecular complexity index is 1160. The van der Waals surface area contributed by atoms with E-state index < -0.39 is 10.0 Å². The zero-order valence-electron chi connectivity index (χ0n) is 16.7. The van der Waals surface area contributed by atoms with Crippen molar-refractivity contribution in [2.75, 3.05) is 10.0 Å². The molecule has 1 aromatic carbocycles. The number of amides is 1. The smallest absolute Gasteiger partial charge is 0.264 e. The average Bonchev–Trinajstić information content (AvgIpc) is 2.97. The highest BCUT2D eigenvalue weighted by molar-refractivity contribution is 9.10. The number of carbonyl (C=O) groups excluding carboxylic acids is 1. The van der Waals surface area contributed by atoms with Crippen LogP contribution in [0.3, 0.4) is 0 Å². The summed E-state index contributed by atoms with van der Waals surface area (Å²) < 4.78 is 30.1. The number of benzene rings is 1. The Morgan fingerprint density at radius 3 is 2.30 bits per heavy atom. The summed E-state index contributed by atoms with van der Waals surface area (Å²) in [6.45, 7) is 5.87. The molecule has 2 heterocycles. The SMILES string of the molecule is Cc1cc(C)nc(NS(=O)(=O)c2ccc(NC(=O)CCn3ncc(Br)c3C)cc2)n1. The van der Waals surface area contributed by atoms with Crippen molar-refractivity contribution in [1.82, 2.24) is 19.7 Å². The van der Waals surface area contributed by atoms with Crippen molar-refractivity contribution in [3.63, 3.8) is 0 Å². The number of rotatable bonds is 7. The number of aromatic nitrogens is 4. The molecule has 0 bridgehead atoms. The van der Waals surface area contributed by atoms with Crippen LogP contribution in [0.15, 0.2) is 45.9 Å². The first kappa shape index (κ1) is 21.9. The molecule has 9 nitrogen and oxygen atoms in total. The van der Waals surface area contributed by atoms with Crippen LogP contribution in [0, 0.1) is 20.8 Å². The number of nitrogens with one attached hydrogen (secondary N) is 2. The molecule has 0 unspecified atom stereocenters. The van der Waals surface area contributed by atoms with Gasteiger partial charge < -0.3 is 5.32 Å². The summed E-state index contributed by atoms with van der Waals surface area (Å²) in [7, 11) is -3.84. The van der Waals surface area contributed by atoms with Gasteiger partial charge in [-0.15, -0.1) is 0 Å². The molecular weight excluding hydrogens is 472 g/mol. The van der Waals surface area contributed by atoms with Crippen molar-refractivity contribution < 1.29 is 13.2 Å². The van der Waals surface area contributed by atoms with Crippen molar-refractivity contribution in [1.29, 1.82) is 0 Å². The Labute approximate surface area is 183 Å². The van der Waals surface area contributed by atoms with E-state index in [4.69, 9.17) is 0 Å². The van der Waals surface area contributed by atoms with E-state index in [1.54, 1.807) is 30.8 Å². The maximum Gasteiger partial charge on any atom is 0.264 e. The summed E-state index contributed by atoms with van der Waals surface area (Å²) in [6, 6.07) is 7.64. The molecular formula is C19H21BrN6O3S. The molecule has 0 radical (unpaired) electrons. The molecule has 3 rings (SSSR count). The summed E-state index contributed by atoms with van der Waals surface area (Å²) in [5.74, 6) is -0.177. The summed E-state index contributed by atoms with van der Waals surface area (Å²) in [4.78, 5) is 20.4. The largest absolute Gasteiger partial charge is 0.326 e. The van der Waals surface area contributed by atoms with E-state index in [1.165, 1.54) is 24.3 Å². The fourth-order valence-corrected chi connectivity index (χ4v) is 3.99. The molecule has 30 heavy (non-hydrogen) atoms. The molecule has 11 heteroatoms. The zero-order valence-corrected chi connectivity index (χ0v) is 19.1. The predicted molar refractivity (Wildman–Crippen MR) is 117 cm³/mol. The topological polar surface area (TPSA) is 119 Å². The lowest BCUT2D eigenvalue weighted by Gasteiger charge is -2.10. The highest BCUT2D eigenvalue weighted by Gasteiger charge is 2.16. The summed E-state index contributed by atoms with van der Waals surface area (Å²) in [6.07, 6.45) is 1.92. The monoisotopic (exact) mass is 492 g/mol. The number of hydrogen-bond donors (Lipinski definition) is 2. The van der Waals surface area contributed by atoms with Gasteiger partial charge in [-0.1, -0.05) is 0 Å². The van der Waals surface area contributed by atoms with Crippen LogP contribution in [-0.2, 0) is 21.4 Å². The molecule has 158 valence electrons. The number of hydrogen-bond acceptors (Lipinski definition) is 6. The van der Waals surface area contributed by atoms with Gasteiger partial charge in [-0.3, -0.25) is 9.48 Å². The maximum absolute atomic E-state index is 12.6. The number of anilines is 2. The minimum atomic E-state index is -3.84. The van der Waals surface area contributed by atoms with Gasteiger partial charge >= 0.3 is 0 Å². The summed E-state index contributed by atoms with van der Waals surface area (Å²) in [5.41, 5.74) is 2.77. The fraction of sp³-hybridized carbons (Fsp3) is 0.263. The Kier molecular flexibility index (Phi) is 6.52. The molecule has 0 saturated heterocycles. The minimum absolute atomic E-state index is 0.0189. The van der Waals surface area contributed by atoms with Crippen LogP contribution in [0.4, 0.5) is 11.6 Å². The van der Waals surface area contributed by atoms with Gasteiger partial charge in [0.15, 0.2) is 0 Å². The van der Waals surface area contributed by atoms with E-state index in [0.29, 0.717) is 23.6 Å². The number of halogens is 1. The summed E-state index contributed by atoms with van der Waals surface area (Å²) in [5, 5.41) is 6.93. The predicted octanol–water partition coefficient (Wildman–Crippen LogP) is 3.19. The molecule has 0 aliphatic carbocycles. The number of sulfonamides is 1. The van der Waals surface area contributed by atoms with Crippen LogP contribution in [0.1, 0.15) is 23.5 Å². The van der Waals surface area contributed by atoms with Gasteiger partial charge in [0.2, 0.25) is 11.9 Å². The number of nitrogens with zero attached hydrogens (tertiary/aromatic N) is 4. The molecule has 0 aliphatic heterocycles. The van der Waals surface area contributed by atoms with Crippen molar-refractivity contribution in [3.8, 4) is 0 Å². The molecule has 0 aliphatic rings. The second kappa shape index (κ2) is 8.92. The first-order valence-corrected chi connectivity index (χ1v) is 11.3. The molecule has 3 aromatic rings. The standard InChI is InChI=1S/C19H21BrN6O3S/c1-12-10-13(2)23-19(22-12)25-30(28,29)16-6-4-15(5-7-16)24-18(27)8-9-26-14(3)17(20)11-21-26/h4-7,10-11H,8-9H2,1-3H3,(H,24,27)(H,22,23,25). The van der Waals surface area contributed by atoms with E-state index in [9.17, 15) is 13.2 Å². The van der Waals surface area contributed by atoms with Crippen molar-refractivity contribution >= 4 is 43.5 Å². The van der Waals surface area contributed by atoms with Crippen LogP contribution in [0.5, 0.6) is 0 Å². The third-order valence-corrected chi connectivity index (χ3v) is 6.37. The lowest BCUT2D eigenvalue weighted by atomic mass is 10.3. The third kappa shape index (κ3) is 5.42. The van der Waals surface area contributed by atoms with Crippen LogP contribution in [-0.4, -0.2) is 34.1 Å². The van der Waals surface area contributed by atoms with Crippen LogP contribution >= 0.6 is 15.9 Å². The van der Waals surface area contributed by atoms with Gasteiger partial charge in [0.25, 0.3) is 10.0 Å². The minimum Gasteiger partial charge on any atom is -0.326 e. The highest BCUT2D eigenvalue weighted by atomic mass is 79.9. The first-order chi connectivity index (χ1) is 14.1. The third-order valence-electron chi connectivity index (χ3n) is 4.25. The number of carbonyl (C=O) groups is 1. The van der Waals surface area contributed by atoms with Gasteiger partial charge in [0.05, 0.1) is 22.1 Å². The van der Waals surface area contributed by atoms with Crippen LogP contribution in [0.2, 0.25) is 0 Å². The quantitative estimate of drug-likeness (QED) is 0.522. The highest BCUT2D eigenvalue weighted by Crippen LogP contribution is 2.18. The van der Waals surface area contributed by atoms with Crippen molar-refractivity contribution in [2.45, 2.75) is 38.6 Å². The van der Waals surface area contributed by atoms with Gasteiger partial charge in [-0.05, 0) is 67.0 Å². The molecule has 0 saturated carbocycles. The van der Waals surface area contributed by atoms with Gasteiger partial charge in [0, 0.05) is 29.2 Å². The Balaban J connectivity index is 1.62. The molecule has 1 amide bonds. The summed E-state index contributed by atoms with van der Waals surface area (Å²) >= 11 is 3.38. The Morgan fingerprint density at radius 1 is 1.10 bits per heavy atom. The Hall–Kier alpha value is -2.79. The maximum atomic E-state index is 12.6.